The van der Waals surface area contributed by atoms with Crippen LogP contribution in [0.4, 0.5) is 13.2 Å². The van der Waals surface area contributed by atoms with Gasteiger partial charge in [0.05, 0.1) is 5.76 Å². The first-order valence-electron chi connectivity index (χ1n) is 10.5. The Kier molecular flexibility index (Phi) is 5.99. The molecule has 4 rings (SSSR count). The van der Waals surface area contributed by atoms with Crippen LogP contribution in [0.15, 0.2) is 47.7 Å². The van der Waals surface area contributed by atoms with Crippen molar-refractivity contribution in [3.63, 3.8) is 0 Å². The van der Waals surface area contributed by atoms with Crippen molar-refractivity contribution in [3.05, 3.63) is 58.3 Å². The van der Waals surface area contributed by atoms with Crippen molar-refractivity contribution in [1.82, 2.24) is 4.90 Å². The Morgan fingerprint density at radius 1 is 1.07 bits per heavy atom. The predicted molar refractivity (Wildman–Crippen MR) is 109 cm³/mol. The molecule has 158 valence electrons. The molecule has 1 saturated heterocycles. The van der Waals surface area contributed by atoms with Gasteiger partial charge in [0, 0.05) is 35.5 Å². The average Bonchev–Trinajstić information content (AvgIpc) is 2.66. The van der Waals surface area contributed by atoms with Gasteiger partial charge in [-0.1, -0.05) is 36.2 Å². The van der Waals surface area contributed by atoms with Crippen LogP contribution in [0.5, 0.6) is 0 Å². The number of ether oxygens (including phenoxy) is 1. The minimum absolute atomic E-state index is 0.00540. The number of piperidine rings is 1. The summed E-state index contributed by atoms with van der Waals surface area (Å²) >= 11 is 6.06. The minimum atomic E-state index is -4.23. The molecule has 3 aliphatic rings. The average molecular weight is 426 g/mol. The molecule has 1 aromatic carbocycles. The fourth-order valence-electron chi connectivity index (χ4n) is 4.79. The fraction of sp³-hybridized carbons (Fsp3) is 0.565. The summed E-state index contributed by atoms with van der Waals surface area (Å²) < 4.78 is 44.5. The van der Waals surface area contributed by atoms with Crippen molar-refractivity contribution in [1.29, 1.82) is 0 Å². The van der Waals surface area contributed by atoms with E-state index in [1.54, 1.807) is 0 Å². The molecular weight excluding hydrogens is 399 g/mol. The minimum Gasteiger partial charge on any atom is -0.493 e. The monoisotopic (exact) mass is 425 g/mol. The number of nitrogens with zero attached hydrogens (tertiary/aromatic N) is 1. The van der Waals surface area contributed by atoms with Crippen LogP contribution >= 0.6 is 11.6 Å². The molecule has 0 spiro atoms. The van der Waals surface area contributed by atoms with E-state index < -0.39 is 11.7 Å². The van der Waals surface area contributed by atoms with Crippen LogP contribution in [-0.2, 0) is 10.2 Å². The summed E-state index contributed by atoms with van der Waals surface area (Å²) in [4.78, 5) is 2.47. The van der Waals surface area contributed by atoms with Gasteiger partial charge in [0.25, 0.3) is 0 Å². The van der Waals surface area contributed by atoms with E-state index in [9.17, 15) is 13.2 Å². The van der Waals surface area contributed by atoms with Gasteiger partial charge < -0.3 is 4.74 Å². The van der Waals surface area contributed by atoms with E-state index in [2.05, 4.69) is 17.0 Å². The normalized spacial score (nSPS) is 25.0. The lowest BCUT2D eigenvalue weighted by Crippen LogP contribution is -2.50. The maximum absolute atomic E-state index is 12.8. The van der Waals surface area contributed by atoms with E-state index in [-0.39, 0.29) is 17.9 Å². The molecular formula is C23H27ClF3NO. The van der Waals surface area contributed by atoms with Crippen LogP contribution in [0.1, 0.15) is 50.5 Å². The van der Waals surface area contributed by atoms with Crippen molar-refractivity contribution < 1.29 is 17.9 Å². The molecule has 1 aromatic rings. The Morgan fingerprint density at radius 3 is 2.41 bits per heavy atom. The third kappa shape index (κ3) is 4.83. The lowest BCUT2D eigenvalue weighted by molar-refractivity contribution is -0.0946. The molecule has 1 unspecified atom stereocenters. The van der Waals surface area contributed by atoms with E-state index in [1.807, 2.05) is 12.1 Å². The number of allylic oxidation sites excluding steroid dienone is 4. The first-order chi connectivity index (χ1) is 13.8. The smallest absolute Gasteiger partial charge is 0.412 e. The molecule has 1 aliphatic heterocycles. The lowest BCUT2D eigenvalue weighted by atomic mass is 9.64. The summed E-state index contributed by atoms with van der Waals surface area (Å²) in [7, 11) is 0. The Morgan fingerprint density at radius 2 is 1.83 bits per heavy atom. The molecule has 0 amide bonds. The van der Waals surface area contributed by atoms with Gasteiger partial charge in [-0.25, -0.2) is 0 Å². The molecule has 1 atom stereocenters. The first-order valence-corrected chi connectivity index (χ1v) is 10.8. The molecule has 0 N–H and O–H groups in total. The Labute approximate surface area is 175 Å². The van der Waals surface area contributed by atoms with Crippen LogP contribution < -0.4 is 0 Å². The van der Waals surface area contributed by atoms with E-state index in [0.29, 0.717) is 12.2 Å². The Bertz CT molecular complexity index is 780. The van der Waals surface area contributed by atoms with Gasteiger partial charge in [-0.2, -0.15) is 13.2 Å². The van der Waals surface area contributed by atoms with Crippen LogP contribution in [0.25, 0.3) is 0 Å². The molecule has 2 fully saturated rings. The number of benzene rings is 1. The van der Waals surface area contributed by atoms with Gasteiger partial charge in [0.15, 0.2) is 0 Å². The second-order valence-corrected chi connectivity index (χ2v) is 9.02. The number of alkyl halides is 3. The second kappa shape index (κ2) is 8.35. The summed E-state index contributed by atoms with van der Waals surface area (Å²) in [6, 6.07) is 8.24. The summed E-state index contributed by atoms with van der Waals surface area (Å²) in [5, 5.41) is 0.762. The van der Waals surface area contributed by atoms with Gasteiger partial charge in [0.1, 0.15) is 6.10 Å². The third-order valence-electron chi connectivity index (χ3n) is 6.55. The summed E-state index contributed by atoms with van der Waals surface area (Å²) in [5.41, 5.74) is 1.09. The Balaban J connectivity index is 1.37. The highest BCUT2D eigenvalue weighted by atomic mass is 35.5. The first kappa shape index (κ1) is 20.8. The van der Waals surface area contributed by atoms with Crippen molar-refractivity contribution in [2.75, 3.05) is 19.6 Å². The van der Waals surface area contributed by atoms with Crippen molar-refractivity contribution >= 4 is 11.6 Å². The van der Waals surface area contributed by atoms with Gasteiger partial charge in [-0.05, 0) is 62.4 Å². The maximum Gasteiger partial charge on any atom is 0.412 e. The molecule has 2 aliphatic carbocycles. The number of hydrogen-bond donors (Lipinski definition) is 0. The predicted octanol–water partition coefficient (Wildman–Crippen LogP) is 6.41. The molecule has 29 heavy (non-hydrogen) atoms. The Hall–Kier alpha value is -1.46. The third-order valence-corrected chi connectivity index (χ3v) is 6.80. The number of hydrogen-bond acceptors (Lipinski definition) is 2. The topological polar surface area (TPSA) is 12.5 Å². The van der Waals surface area contributed by atoms with Crippen molar-refractivity contribution in [2.45, 2.75) is 62.6 Å². The molecule has 1 heterocycles. The van der Waals surface area contributed by atoms with Crippen molar-refractivity contribution in [2.24, 2.45) is 0 Å². The highest BCUT2D eigenvalue weighted by Crippen LogP contribution is 2.45. The zero-order valence-electron chi connectivity index (χ0n) is 16.5. The molecule has 1 saturated carbocycles. The zero-order valence-corrected chi connectivity index (χ0v) is 17.2. The largest absolute Gasteiger partial charge is 0.493 e. The van der Waals surface area contributed by atoms with Crippen LogP contribution in [0, 0.1) is 0 Å². The van der Waals surface area contributed by atoms with Crippen LogP contribution in [-0.4, -0.2) is 36.8 Å². The number of likely N-dealkylation sites (tertiary alicyclic amines) is 1. The van der Waals surface area contributed by atoms with Gasteiger partial charge in [0.2, 0.25) is 0 Å². The standard InChI is InChI=1S/C23H27ClF3NO/c24-19-8-4-17(5-9-19)22(12-2-13-22)16-28-14-1-3-21(15-28)29-20-10-6-18(7-11-20)23(25,26)27/h4-6,8-10,21H,1-3,7,11-16H2. The SMILES string of the molecule is FC(F)(F)C1=CC=C(OC2CCCN(CC3(c4ccc(Cl)cc4)CCC3)C2)CC1. The molecule has 0 bridgehead atoms. The number of halogens is 4. The molecule has 6 heteroatoms. The van der Waals surface area contributed by atoms with Crippen LogP contribution in [0.3, 0.4) is 0 Å². The highest BCUT2D eigenvalue weighted by molar-refractivity contribution is 6.30. The number of rotatable bonds is 5. The second-order valence-electron chi connectivity index (χ2n) is 8.58. The van der Waals surface area contributed by atoms with Gasteiger partial charge in [-0.15, -0.1) is 0 Å². The summed E-state index contributed by atoms with van der Waals surface area (Å²) in [6.07, 6.45) is 4.46. The van der Waals surface area contributed by atoms with E-state index in [1.165, 1.54) is 37.0 Å². The van der Waals surface area contributed by atoms with E-state index >= 15 is 0 Å². The van der Waals surface area contributed by atoms with Crippen molar-refractivity contribution in [3.8, 4) is 0 Å². The maximum atomic E-state index is 12.8. The fourth-order valence-corrected chi connectivity index (χ4v) is 4.92. The molecule has 2 nitrogen and oxygen atoms in total. The van der Waals surface area contributed by atoms with E-state index in [4.69, 9.17) is 16.3 Å². The van der Waals surface area contributed by atoms with Crippen LogP contribution in [0.2, 0.25) is 5.02 Å². The summed E-state index contributed by atoms with van der Waals surface area (Å²) in [6.45, 7) is 2.89. The quantitative estimate of drug-likeness (QED) is 0.540. The highest BCUT2D eigenvalue weighted by Gasteiger charge is 2.41. The van der Waals surface area contributed by atoms with Gasteiger partial charge >= 0.3 is 6.18 Å². The van der Waals surface area contributed by atoms with E-state index in [0.717, 1.165) is 37.5 Å². The lowest BCUT2D eigenvalue weighted by Gasteiger charge is -2.47. The molecule has 0 aromatic heterocycles. The zero-order chi connectivity index (χ0) is 20.5. The summed E-state index contributed by atoms with van der Waals surface area (Å²) in [5.74, 6) is 0.681. The molecule has 0 radical (unpaired) electrons. The van der Waals surface area contributed by atoms with Gasteiger partial charge in [-0.3, -0.25) is 4.90 Å².